The van der Waals surface area contributed by atoms with Crippen molar-refractivity contribution in [3.05, 3.63) is 59.7 Å². The molecule has 2 rings (SSSR count). The van der Waals surface area contributed by atoms with Gasteiger partial charge in [-0.1, -0.05) is 30.0 Å². The van der Waals surface area contributed by atoms with Crippen LogP contribution in [0.3, 0.4) is 0 Å². The summed E-state index contributed by atoms with van der Waals surface area (Å²) in [6.45, 7) is 1.47. The number of anilines is 1. The van der Waals surface area contributed by atoms with Crippen LogP contribution in [0.1, 0.15) is 27.6 Å². The molecule has 0 bridgehead atoms. The number of aliphatic imine (C=N–C) groups is 1. The molecule has 0 atom stereocenters. The van der Waals surface area contributed by atoms with E-state index >= 15 is 0 Å². The number of ketones is 1. The Hall–Kier alpha value is -3.11. The highest BCUT2D eigenvalue weighted by atomic mass is 32.2. The fraction of sp³-hybridized carbons (Fsp3) is 0.111. The molecule has 2 aromatic rings. The molecular formula is C18H16N4O2S. The maximum absolute atomic E-state index is 12.4. The van der Waals surface area contributed by atoms with Crippen LogP contribution >= 0.6 is 11.8 Å². The minimum atomic E-state index is -0.309. The van der Waals surface area contributed by atoms with Gasteiger partial charge in [0.2, 0.25) is 0 Å². The zero-order valence-electron chi connectivity index (χ0n) is 13.7. The Labute approximate surface area is 150 Å². The van der Waals surface area contributed by atoms with Crippen molar-refractivity contribution in [2.24, 2.45) is 4.99 Å². The van der Waals surface area contributed by atoms with Crippen molar-refractivity contribution in [2.45, 2.75) is 6.92 Å². The number of rotatable bonds is 4. The molecule has 0 radical (unpaired) electrons. The lowest BCUT2D eigenvalue weighted by Gasteiger charge is -2.07. The lowest BCUT2D eigenvalue weighted by Crippen LogP contribution is -2.13. The Morgan fingerprint density at radius 3 is 2.52 bits per heavy atom. The number of carbonyl (C=O) groups is 2. The van der Waals surface area contributed by atoms with Gasteiger partial charge in [-0.2, -0.15) is 5.26 Å². The van der Waals surface area contributed by atoms with Crippen LogP contribution in [0.2, 0.25) is 0 Å². The molecule has 126 valence electrons. The Balaban J connectivity index is 2.20. The molecular weight excluding hydrogens is 336 g/mol. The summed E-state index contributed by atoms with van der Waals surface area (Å²) in [7, 11) is 0. The molecule has 0 fully saturated rings. The van der Waals surface area contributed by atoms with Gasteiger partial charge in [0.15, 0.2) is 17.1 Å². The number of amides is 1. The number of nitriles is 1. The van der Waals surface area contributed by atoms with Gasteiger partial charge in [-0.05, 0) is 43.5 Å². The molecule has 0 aliphatic carbocycles. The number of amidine groups is 1. The quantitative estimate of drug-likeness (QED) is 0.288. The van der Waals surface area contributed by atoms with Crippen molar-refractivity contribution in [3.63, 3.8) is 0 Å². The van der Waals surface area contributed by atoms with Gasteiger partial charge < -0.3 is 5.32 Å². The molecule has 0 saturated heterocycles. The van der Waals surface area contributed by atoms with E-state index in [-0.39, 0.29) is 11.7 Å². The van der Waals surface area contributed by atoms with E-state index < -0.39 is 0 Å². The van der Waals surface area contributed by atoms with Crippen LogP contribution in [0.4, 0.5) is 11.4 Å². The maximum atomic E-state index is 12.4. The molecule has 0 aromatic heterocycles. The second-order valence-corrected chi connectivity index (χ2v) is 5.79. The van der Waals surface area contributed by atoms with Crippen LogP contribution in [0, 0.1) is 11.5 Å². The van der Waals surface area contributed by atoms with Crippen molar-refractivity contribution >= 4 is 40.0 Å². The van der Waals surface area contributed by atoms with E-state index in [4.69, 9.17) is 5.26 Å². The van der Waals surface area contributed by atoms with Gasteiger partial charge in [0.1, 0.15) is 0 Å². The highest BCUT2D eigenvalue weighted by Gasteiger charge is 2.08. The Bertz CT molecular complexity index is 871. The van der Waals surface area contributed by atoms with Gasteiger partial charge in [0, 0.05) is 16.8 Å². The topological polar surface area (TPSA) is 94.3 Å². The lowest BCUT2D eigenvalue weighted by atomic mass is 10.1. The standard InChI is InChI=1S/C18H16N4O2S/c1-12(23)13-5-3-7-15(9-13)21-17(24)14-6-4-8-16(10-14)22-18(25-2)20-11-19/h3-10H,1-2H3,(H,20,22)(H,21,24). The maximum Gasteiger partial charge on any atom is 0.255 e. The Morgan fingerprint density at radius 1 is 1.12 bits per heavy atom. The second kappa shape index (κ2) is 8.66. The molecule has 0 spiro atoms. The fourth-order valence-corrected chi connectivity index (χ4v) is 2.37. The minimum absolute atomic E-state index is 0.0676. The van der Waals surface area contributed by atoms with Gasteiger partial charge >= 0.3 is 0 Å². The van der Waals surface area contributed by atoms with E-state index in [1.54, 1.807) is 54.8 Å². The second-order valence-electron chi connectivity index (χ2n) is 5.00. The van der Waals surface area contributed by atoms with Gasteiger partial charge in [0.25, 0.3) is 5.91 Å². The van der Waals surface area contributed by atoms with Crippen LogP contribution in [0.5, 0.6) is 0 Å². The zero-order valence-corrected chi connectivity index (χ0v) is 14.6. The summed E-state index contributed by atoms with van der Waals surface area (Å²) in [4.78, 5) is 28.1. The Morgan fingerprint density at radius 2 is 1.84 bits per heavy atom. The lowest BCUT2D eigenvalue weighted by molar-refractivity contribution is 0.101. The third kappa shape index (κ3) is 5.19. The molecule has 25 heavy (non-hydrogen) atoms. The molecule has 2 N–H and O–H groups in total. The van der Waals surface area contributed by atoms with E-state index in [2.05, 4.69) is 15.6 Å². The minimum Gasteiger partial charge on any atom is -0.322 e. The number of hydrogen-bond donors (Lipinski definition) is 2. The average molecular weight is 352 g/mol. The first kappa shape index (κ1) is 18.2. The third-order valence-electron chi connectivity index (χ3n) is 3.22. The number of carbonyl (C=O) groups excluding carboxylic acids is 2. The summed E-state index contributed by atoms with van der Waals surface area (Å²) < 4.78 is 0. The van der Waals surface area contributed by atoms with E-state index in [1.165, 1.54) is 18.7 Å². The summed E-state index contributed by atoms with van der Waals surface area (Å²) in [6.07, 6.45) is 3.61. The predicted octanol–water partition coefficient (Wildman–Crippen LogP) is 3.56. The first-order chi connectivity index (χ1) is 12.0. The molecule has 6 nitrogen and oxygen atoms in total. The first-order valence-electron chi connectivity index (χ1n) is 7.33. The SMILES string of the molecule is CSC(=Nc1cccc(C(=O)Nc2cccc(C(C)=O)c2)c1)NC#N. The van der Waals surface area contributed by atoms with Gasteiger partial charge in [-0.3, -0.25) is 14.9 Å². The summed E-state index contributed by atoms with van der Waals surface area (Å²) >= 11 is 1.29. The zero-order chi connectivity index (χ0) is 18.2. The smallest absolute Gasteiger partial charge is 0.255 e. The molecule has 0 unspecified atom stereocenters. The van der Waals surface area contributed by atoms with E-state index in [9.17, 15) is 9.59 Å². The van der Waals surface area contributed by atoms with E-state index in [0.29, 0.717) is 27.7 Å². The van der Waals surface area contributed by atoms with E-state index in [1.807, 2.05) is 6.19 Å². The van der Waals surface area contributed by atoms with Crippen LogP contribution in [0.25, 0.3) is 0 Å². The summed E-state index contributed by atoms with van der Waals surface area (Å²) in [5.41, 5.74) is 2.05. The first-order valence-corrected chi connectivity index (χ1v) is 8.56. The van der Waals surface area contributed by atoms with Crippen LogP contribution in [-0.4, -0.2) is 23.1 Å². The van der Waals surface area contributed by atoms with Gasteiger partial charge in [0.05, 0.1) is 5.69 Å². The van der Waals surface area contributed by atoms with Crippen molar-refractivity contribution in [1.82, 2.24) is 5.32 Å². The summed E-state index contributed by atoms with van der Waals surface area (Å²) in [6, 6.07) is 13.5. The number of Topliss-reactive ketones (excluding diaryl/α,β-unsaturated/α-hetero) is 1. The Kier molecular flexibility index (Phi) is 6.32. The number of hydrogen-bond acceptors (Lipinski definition) is 5. The molecule has 0 heterocycles. The van der Waals surface area contributed by atoms with Gasteiger partial charge in [-0.25, -0.2) is 4.99 Å². The number of nitrogens with one attached hydrogen (secondary N) is 2. The molecule has 0 aliphatic rings. The van der Waals surface area contributed by atoms with Crippen LogP contribution in [-0.2, 0) is 0 Å². The average Bonchev–Trinajstić information content (AvgIpc) is 2.61. The van der Waals surface area contributed by atoms with Crippen LogP contribution < -0.4 is 10.6 Å². The fourth-order valence-electron chi connectivity index (χ4n) is 2.03. The van der Waals surface area contributed by atoms with Crippen molar-refractivity contribution in [2.75, 3.05) is 11.6 Å². The predicted molar refractivity (Wildman–Crippen MR) is 100 cm³/mol. The van der Waals surface area contributed by atoms with Gasteiger partial charge in [-0.15, -0.1) is 0 Å². The van der Waals surface area contributed by atoms with Crippen LogP contribution in [0.15, 0.2) is 53.5 Å². The third-order valence-corrected chi connectivity index (χ3v) is 3.80. The molecule has 0 saturated carbocycles. The molecule has 1 amide bonds. The monoisotopic (exact) mass is 352 g/mol. The molecule has 0 aliphatic heterocycles. The summed E-state index contributed by atoms with van der Waals surface area (Å²) in [5.74, 6) is -0.376. The molecule has 2 aromatic carbocycles. The number of benzene rings is 2. The highest BCUT2D eigenvalue weighted by molar-refractivity contribution is 8.13. The number of thioether (sulfide) groups is 1. The van der Waals surface area contributed by atoms with Crippen molar-refractivity contribution < 1.29 is 9.59 Å². The molecule has 7 heteroatoms. The number of nitrogens with zero attached hydrogens (tertiary/aromatic N) is 2. The highest BCUT2D eigenvalue weighted by Crippen LogP contribution is 2.18. The van der Waals surface area contributed by atoms with E-state index in [0.717, 1.165) is 0 Å². The normalized spacial score (nSPS) is 10.7. The largest absolute Gasteiger partial charge is 0.322 e. The van der Waals surface area contributed by atoms with Crippen molar-refractivity contribution in [1.29, 1.82) is 5.26 Å². The summed E-state index contributed by atoms with van der Waals surface area (Å²) in [5, 5.41) is 14.3. The van der Waals surface area contributed by atoms with Crippen molar-refractivity contribution in [3.8, 4) is 6.19 Å².